The van der Waals surface area contributed by atoms with Crippen molar-refractivity contribution in [1.29, 1.82) is 0 Å². The Labute approximate surface area is 88.6 Å². The lowest BCUT2D eigenvalue weighted by atomic mass is 10.1. The summed E-state index contributed by atoms with van der Waals surface area (Å²) in [5.41, 5.74) is 0.814. The Morgan fingerprint density at radius 3 is 2.79 bits per heavy atom. The molecule has 0 radical (unpaired) electrons. The molecule has 1 aromatic carbocycles. The van der Waals surface area contributed by atoms with Crippen LogP contribution in [0, 0.1) is 6.92 Å². The summed E-state index contributed by atoms with van der Waals surface area (Å²) in [4.78, 5) is 10.9. The Balaban J connectivity index is 2.68. The van der Waals surface area contributed by atoms with Gasteiger partial charge in [0.05, 0.1) is 10.0 Å². The van der Waals surface area contributed by atoms with Crippen LogP contribution in [-0.4, -0.2) is 17.9 Å². The van der Waals surface area contributed by atoms with Crippen LogP contribution in [0.2, 0.25) is 0 Å². The first-order valence-corrected chi connectivity index (χ1v) is 4.72. The number of hydrogen-bond donors (Lipinski definition) is 1. The van der Waals surface area contributed by atoms with Crippen molar-refractivity contribution in [3.63, 3.8) is 0 Å². The predicted molar refractivity (Wildman–Crippen MR) is 52.0 cm³/mol. The normalized spacial score (nSPS) is 13.0. The van der Waals surface area contributed by atoms with Crippen LogP contribution < -0.4 is 9.47 Å². The van der Waals surface area contributed by atoms with E-state index in [2.05, 4.69) is 15.9 Å². The summed E-state index contributed by atoms with van der Waals surface area (Å²) in [6.45, 7) is 1.83. The molecule has 0 fully saturated rings. The third kappa shape index (κ3) is 1.24. The highest BCUT2D eigenvalue weighted by Crippen LogP contribution is 2.43. The average molecular weight is 259 g/mol. The molecule has 0 saturated carbocycles. The summed E-state index contributed by atoms with van der Waals surface area (Å²) >= 11 is 3.23. The minimum Gasteiger partial charge on any atom is -0.478 e. The third-order valence-electron chi connectivity index (χ3n) is 2.08. The molecule has 0 bridgehead atoms. The Bertz CT molecular complexity index is 414. The van der Waals surface area contributed by atoms with Gasteiger partial charge >= 0.3 is 5.97 Å². The second-order valence-electron chi connectivity index (χ2n) is 2.90. The first kappa shape index (κ1) is 9.33. The number of rotatable bonds is 1. The van der Waals surface area contributed by atoms with E-state index < -0.39 is 5.97 Å². The quantitative estimate of drug-likeness (QED) is 0.839. The number of fused-ring (bicyclic) bond motifs is 1. The van der Waals surface area contributed by atoms with Crippen molar-refractivity contribution in [2.24, 2.45) is 0 Å². The van der Waals surface area contributed by atoms with Gasteiger partial charge in [0.15, 0.2) is 11.5 Å². The Morgan fingerprint density at radius 1 is 1.50 bits per heavy atom. The molecule has 1 aliphatic rings. The van der Waals surface area contributed by atoms with Crippen molar-refractivity contribution < 1.29 is 19.4 Å². The van der Waals surface area contributed by atoms with E-state index in [1.807, 2.05) is 0 Å². The lowest BCUT2D eigenvalue weighted by Gasteiger charge is -2.06. The smallest absolute Gasteiger partial charge is 0.336 e. The molecule has 5 heteroatoms. The topological polar surface area (TPSA) is 55.8 Å². The highest BCUT2D eigenvalue weighted by molar-refractivity contribution is 9.10. The van der Waals surface area contributed by atoms with Gasteiger partial charge in [0.1, 0.15) is 0 Å². The van der Waals surface area contributed by atoms with Gasteiger partial charge in [-0.05, 0) is 28.9 Å². The van der Waals surface area contributed by atoms with Crippen LogP contribution in [0.4, 0.5) is 0 Å². The maximum atomic E-state index is 10.9. The lowest BCUT2D eigenvalue weighted by Crippen LogP contribution is -2.00. The molecule has 0 spiro atoms. The van der Waals surface area contributed by atoms with Gasteiger partial charge in [0.2, 0.25) is 6.79 Å². The highest BCUT2D eigenvalue weighted by Gasteiger charge is 2.24. The van der Waals surface area contributed by atoms with Gasteiger partial charge in [-0.25, -0.2) is 4.79 Å². The fourth-order valence-corrected chi connectivity index (χ4v) is 1.90. The van der Waals surface area contributed by atoms with Crippen LogP contribution in [-0.2, 0) is 0 Å². The molecule has 14 heavy (non-hydrogen) atoms. The number of hydrogen-bond acceptors (Lipinski definition) is 3. The molecule has 0 atom stereocenters. The zero-order valence-electron chi connectivity index (χ0n) is 7.33. The number of benzene rings is 1. The second kappa shape index (κ2) is 3.16. The van der Waals surface area contributed by atoms with E-state index in [4.69, 9.17) is 14.6 Å². The predicted octanol–water partition coefficient (Wildman–Crippen LogP) is 2.18. The van der Waals surface area contributed by atoms with E-state index in [0.29, 0.717) is 21.5 Å². The van der Waals surface area contributed by atoms with Gasteiger partial charge in [-0.2, -0.15) is 0 Å². The van der Waals surface area contributed by atoms with Gasteiger partial charge in [-0.1, -0.05) is 0 Å². The largest absolute Gasteiger partial charge is 0.478 e. The van der Waals surface area contributed by atoms with E-state index in [1.54, 1.807) is 6.92 Å². The first-order chi connectivity index (χ1) is 6.61. The standard InChI is InChI=1S/C9H7BrO4/c1-4-5(9(11)12)2-6(10)8-7(4)13-3-14-8/h2H,3H2,1H3,(H,11,12). The van der Waals surface area contributed by atoms with Gasteiger partial charge < -0.3 is 14.6 Å². The Morgan fingerprint density at radius 2 is 2.14 bits per heavy atom. The van der Waals surface area contributed by atoms with Crippen molar-refractivity contribution in [1.82, 2.24) is 0 Å². The number of ether oxygens (including phenoxy) is 2. The van der Waals surface area contributed by atoms with Crippen LogP contribution in [0.1, 0.15) is 15.9 Å². The van der Waals surface area contributed by atoms with Crippen LogP contribution in [0.5, 0.6) is 11.5 Å². The summed E-state index contributed by atoms with van der Waals surface area (Å²) < 4.78 is 11.0. The Hall–Kier alpha value is -1.23. The third-order valence-corrected chi connectivity index (χ3v) is 2.66. The molecule has 1 heterocycles. The zero-order chi connectivity index (χ0) is 10.3. The van der Waals surface area contributed by atoms with Gasteiger partial charge in [-0.15, -0.1) is 0 Å². The van der Waals surface area contributed by atoms with E-state index >= 15 is 0 Å². The number of carbonyl (C=O) groups is 1. The van der Waals surface area contributed by atoms with Crippen molar-refractivity contribution in [3.05, 3.63) is 21.7 Å². The number of aromatic carboxylic acids is 1. The molecular weight excluding hydrogens is 252 g/mol. The van der Waals surface area contributed by atoms with Crippen LogP contribution in [0.15, 0.2) is 10.5 Å². The van der Waals surface area contributed by atoms with E-state index in [9.17, 15) is 4.79 Å². The van der Waals surface area contributed by atoms with Crippen LogP contribution in [0.25, 0.3) is 0 Å². The Kier molecular flexibility index (Phi) is 2.11. The summed E-state index contributed by atoms with van der Waals surface area (Å²) in [5.74, 6) is 0.116. The molecule has 74 valence electrons. The molecule has 1 aliphatic heterocycles. The minimum absolute atomic E-state index is 0.137. The number of carboxylic acids is 1. The molecule has 0 amide bonds. The molecule has 0 unspecified atom stereocenters. The fraction of sp³-hybridized carbons (Fsp3) is 0.222. The SMILES string of the molecule is Cc1c(C(=O)O)cc(Br)c2c1OCO2. The van der Waals surface area contributed by atoms with Crippen LogP contribution in [0.3, 0.4) is 0 Å². The maximum absolute atomic E-state index is 10.9. The monoisotopic (exact) mass is 258 g/mol. The summed E-state index contributed by atoms with van der Waals surface area (Å²) in [6.07, 6.45) is 0. The van der Waals surface area contributed by atoms with Crippen molar-refractivity contribution in [2.75, 3.05) is 6.79 Å². The number of halogens is 1. The minimum atomic E-state index is -0.971. The molecule has 0 saturated heterocycles. The maximum Gasteiger partial charge on any atom is 0.336 e. The lowest BCUT2D eigenvalue weighted by molar-refractivity contribution is 0.0695. The van der Waals surface area contributed by atoms with Crippen molar-refractivity contribution in [2.45, 2.75) is 6.92 Å². The summed E-state index contributed by atoms with van der Waals surface area (Å²) in [7, 11) is 0. The van der Waals surface area contributed by atoms with Crippen LogP contribution >= 0.6 is 15.9 Å². The van der Waals surface area contributed by atoms with Crippen molar-refractivity contribution in [3.8, 4) is 11.5 Å². The highest BCUT2D eigenvalue weighted by atomic mass is 79.9. The molecule has 0 aliphatic carbocycles. The zero-order valence-corrected chi connectivity index (χ0v) is 8.92. The van der Waals surface area contributed by atoms with E-state index in [1.165, 1.54) is 6.07 Å². The molecule has 1 aromatic rings. The first-order valence-electron chi connectivity index (χ1n) is 3.93. The number of carboxylic acid groups (broad SMARTS) is 1. The molecular formula is C9H7BrO4. The van der Waals surface area contributed by atoms with E-state index in [0.717, 1.165) is 0 Å². The molecule has 0 aromatic heterocycles. The average Bonchev–Trinajstić information content (AvgIpc) is 2.59. The van der Waals surface area contributed by atoms with Gasteiger partial charge in [0.25, 0.3) is 0 Å². The fourth-order valence-electron chi connectivity index (χ4n) is 1.38. The van der Waals surface area contributed by atoms with Gasteiger partial charge in [-0.3, -0.25) is 0 Å². The van der Waals surface area contributed by atoms with Gasteiger partial charge in [0, 0.05) is 5.56 Å². The molecule has 2 rings (SSSR count). The summed E-state index contributed by atoms with van der Waals surface area (Å²) in [6, 6.07) is 1.52. The summed E-state index contributed by atoms with van der Waals surface area (Å²) in [5, 5.41) is 8.90. The molecule has 1 N–H and O–H groups in total. The van der Waals surface area contributed by atoms with E-state index in [-0.39, 0.29) is 12.4 Å². The van der Waals surface area contributed by atoms with Crippen molar-refractivity contribution >= 4 is 21.9 Å². The molecule has 4 nitrogen and oxygen atoms in total. The second-order valence-corrected chi connectivity index (χ2v) is 3.76.